The molecule has 0 radical (unpaired) electrons. The Bertz CT molecular complexity index is 322. The number of halogens is 5. The number of nitrogens with zero attached hydrogens (tertiary/aromatic N) is 1. The number of pyridine rings is 1. The molecule has 14 heavy (non-hydrogen) atoms. The summed E-state index contributed by atoms with van der Waals surface area (Å²) in [4.78, 5) is 3.45. The first-order valence-corrected chi connectivity index (χ1v) is 4.14. The number of alkyl halides is 3. The van der Waals surface area contributed by atoms with E-state index in [-0.39, 0.29) is 10.3 Å². The van der Waals surface area contributed by atoms with Crippen molar-refractivity contribution in [3.63, 3.8) is 0 Å². The molecule has 1 atom stereocenters. The Balaban J connectivity index is 3.07. The number of hydrogen-bond donors (Lipinski definition) is 1. The Morgan fingerprint density at radius 3 is 2.00 bits per heavy atom. The summed E-state index contributed by atoms with van der Waals surface area (Å²) in [5, 5.41) is 8.44. The molecule has 0 aliphatic heterocycles. The van der Waals surface area contributed by atoms with Gasteiger partial charge < -0.3 is 5.11 Å². The molecule has 1 aromatic heterocycles. The van der Waals surface area contributed by atoms with E-state index in [1.165, 1.54) is 0 Å². The Labute approximate surface area is 87.3 Å². The molecule has 1 rings (SSSR count). The molecule has 0 aliphatic rings. The van der Waals surface area contributed by atoms with Crippen molar-refractivity contribution in [3.05, 3.63) is 28.0 Å². The molecular formula is C7H4Cl2F3NO. The number of hydrogen-bond acceptors (Lipinski definition) is 2. The highest BCUT2D eigenvalue weighted by Crippen LogP contribution is 2.33. The molecular weight excluding hydrogens is 242 g/mol. The lowest BCUT2D eigenvalue weighted by molar-refractivity contribution is -0.206. The fourth-order valence-corrected chi connectivity index (χ4v) is 1.31. The topological polar surface area (TPSA) is 33.1 Å². The van der Waals surface area contributed by atoms with Gasteiger partial charge in [0.05, 0.1) is 0 Å². The fourth-order valence-electron chi connectivity index (χ4n) is 0.830. The van der Waals surface area contributed by atoms with Crippen molar-refractivity contribution in [2.45, 2.75) is 12.3 Å². The molecule has 0 spiro atoms. The highest BCUT2D eigenvalue weighted by molar-refractivity contribution is 6.32. The number of rotatable bonds is 1. The van der Waals surface area contributed by atoms with Crippen LogP contribution in [0, 0.1) is 0 Å². The average Bonchev–Trinajstić information content (AvgIpc) is 1.99. The third-order valence-corrected chi connectivity index (χ3v) is 1.80. The third-order valence-electron chi connectivity index (χ3n) is 1.41. The minimum absolute atomic E-state index is 0.198. The van der Waals surface area contributed by atoms with Crippen molar-refractivity contribution in [2.24, 2.45) is 0 Å². The van der Waals surface area contributed by atoms with Crippen molar-refractivity contribution in [3.8, 4) is 0 Å². The molecule has 0 fully saturated rings. The standard InChI is InChI=1S/C7H4Cl2F3NO/c8-4-1-3(2-5(9)13-4)6(14)7(10,11)12/h1-2,6,14H/t6-/m0/s1. The van der Waals surface area contributed by atoms with Crippen LogP contribution in [0.2, 0.25) is 10.3 Å². The van der Waals surface area contributed by atoms with E-state index in [0.717, 1.165) is 12.1 Å². The number of aliphatic hydroxyl groups excluding tert-OH is 1. The second-order valence-corrected chi connectivity index (χ2v) is 3.26. The van der Waals surface area contributed by atoms with Crippen molar-refractivity contribution in [1.82, 2.24) is 4.98 Å². The first kappa shape index (κ1) is 11.6. The second-order valence-electron chi connectivity index (χ2n) is 2.49. The summed E-state index contributed by atoms with van der Waals surface area (Å²) in [6, 6.07) is 1.82. The van der Waals surface area contributed by atoms with E-state index in [9.17, 15) is 13.2 Å². The maximum atomic E-state index is 12.0. The van der Waals surface area contributed by atoms with Crippen molar-refractivity contribution >= 4 is 23.2 Å². The Morgan fingerprint density at radius 2 is 1.64 bits per heavy atom. The van der Waals surface area contributed by atoms with Crippen molar-refractivity contribution in [1.29, 1.82) is 0 Å². The molecule has 1 N–H and O–H groups in total. The van der Waals surface area contributed by atoms with Gasteiger partial charge >= 0.3 is 6.18 Å². The summed E-state index contributed by atoms with van der Waals surface area (Å²) in [5.74, 6) is 0. The molecule has 0 amide bonds. The van der Waals surface area contributed by atoms with Crippen LogP contribution in [-0.4, -0.2) is 16.3 Å². The molecule has 2 nitrogen and oxygen atoms in total. The van der Waals surface area contributed by atoms with Gasteiger partial charge in [0.1, 0.15) is 10.3 Å². The monoisotopic (exact) mass is 245 g/mol. The summed E-state index contributed by atoms with van der Waals surface area (Å²) in [6.45, 7) is 0. The molecule has 7 heteroatoms. The maximum absolute atomic E-state index is 12.0. The van der Waals surface area contributed by atoms with Gasteiger partial charge in [-0.2, -0.15) is 13.2 Å². The zero-order chi connectivity index (χ0) is 10.9. The van der Waals surface area contributed by atoms with Gasteiger partial charge in [-0.15, -0.1) is 0 Å². The molecule has 0 saturated heterocycles. The van der Waals surface area contributed by atoms with Crippen LogP contribution in [-0.2, 0) is 0 Å². The summed E-state index contributed by atoms with van der Waals surface area (Å²) >= 11 is 10.7. The highest BCUT2D eigenvalue weighted by atomic mass is 35.5. The van der Waals surface area contributed by atoms with E-state index < -0.39 is 17.8 Å². The van der Waals surface area contributed by atoms with Gasteiger partial charge in [0.2, 0.25) is 0 Å². The van der Waals surface area contributed by atoms with E-state index in [1.807, 2.05) is 0 Å². The fraction of sp³-hybridized carbons (Fsp3) is 0.286. The quantitative estimate of drug-likeness (QED) is 0.772. The average molecular weight is 246 g/mol. The first-order chi connectivity index (χ1) is 6.30. The highest BCUT2D eigenvalue weighted by Gasteiger charge is 2.39. The van der Waals surface area contributed by atoms with E-state index in [2.05, 4.69) is 4.98 Å². The summed E-state index contributed by atoms with van der Waals surface area (Å²) < 4.78 is 36.1. The SMILES string of the molecule is O[C@@H](c1cc(Cl)nc(Cl)c1)C(F)(F)F. The summed E-state index contributed by atoms with van der Waals surface area (Å²) in [7, 11) is 0. The lowest BCUT2D eigenvalue weighted by atomic mass is 10.1. The Morgan fingerprint density at radius 1 is 1.21 bits per heavy atom. The minimum atomic E-state index is -4.74. The Hall–Kier alpha value is -0.520. The maximum Gasteiger partial charge on any atom is 0.418 e. The van der Waals surface area contributed by atoms with Gasteiger partial charge in [-0.3, -0.25) is 0 Å². The molecule has 78 valence electrons. The molecule has 0 unspecified atom stereocenters. The largest absolute Gasteiger partial charge is 0.418 e. The lowest BCUT2D eigenvalue weighted by Gasteiger charge is -2.14. The predicted octanol–water partition coefficient (Wildman–Crippen LogP) is 2.98. The van der Waals surface area contributed by atoms with Crippen LogP contribution in [0.4, 0.5) is 13.2 Å². The smallest absolute Gasteiger partial charge is 0.379 e. The van der Waals surface area contributed by atoms with Crippen LogP contribution in [0.15, 0.2) is 12.1 Å². The summed E-state index contributed by atoms with van der Waals surface area (Å²) in [5.41, 5.74) is -0.428. The Kier molecular flexibility index (Phi) is 3.24. The molecule has 0 saturated carbocycles. The van der Waals surface area contributed by atoms with Crippen LogP contribution in [0.5, 0.6) is 0 Å². The minimum Gasteiger partial charge on any atom is -0.379 e. The summed E-state index contributed by atoms with van der Waals surface area (Å²) in [6.07, 6.45) is -7.34. The van der Waals surface area contributed by atoms with Crippen LogP contribution >= 0.6 is 23.2 Å². The first-order valence-electron chi connectivity index (χ1n) is 3.38. The molecule has 1 aromatic rings. The second kappa shape index (κ2) is 3.92. The third kappa shape index (κ3) is 2.73. The van der Waals surface area contributed by atoms with Crippen LogP contribution in [0.25, 0.3) is 0 Å². The van der Waals surface area contributed by atoms with Crippen LogP contribution in [0.1, 0.15) is 11.7 Å². The molecule has 0 aromatic carbocycles. The molecule has 0 aliphatic carbocycles. The normalized spacial score (nSPS) is 14.1. The van der Waals surface area contributed by atoms with Gasteiger partial charge in [0, 0.05) is 0 Å². The van der Waals surface area contributed by atoms with E-state index in [1.54, 1.807) is 0 Å². The zero-order valence-corrected chi connectivity index (χ0v) is 8.03. The number of aliphatic hydroxyl groups is 1. The number of aromatic nitrogens is 1. The van der Waals surface area contributed by atoms with Gasteiger partial charge in [0.25, 0.3) is 0 Å². The van der Waals surface area contributed by atoms with Gasteiger partial charge in [-0.1, -0.05) is 23.2 Å². The lowest BCUT2D eigenvalue weighted by Crippen LogP contribution is -2.20. The van der Waals surface area contributed by atoms with E-state index in [0.29, 0.717) is 0 Å². The van der Waals surface area contributed by atoms with Gasteiger partial charge in [-0.05, 0) is 17.7 Å². The van der Waals surface area contributed by atoms with Gasteiger partial charge in [0.15, 0.2) is 6.10 Å². The van der Waals surface area contributed by atoms with Crippen molar-refractivity contribution < 1.29 is 18.3 Å². The predicted molar refractivity (Wildman–Crippen MR) is 45.3 cm³/mol. The van der Waals surface area contributed by atoms with Crippen LogP contribution in [0.3, 0.4) is 0 Å². The van der Waals surface area contributed by atoms with Gasteiger partial charge in [-0.25, -0.2) is 4.98 Å². The van der Waals surface area contributed by atoms with E-state index >= 15 is 0 Å². The van der Waals surface area contributed by atoms with Crippen molar-refractivity contribution in [2.75, 3.05) is 0 Å². The van der Waals surface area contributed by atoms with E-state index in [4.69, 9.17) is 28.3 Å². The molecule has 1 heterocycles. The molecule has 0 bridgehead atoms. The zero-order valence-electron chi connectivity index (χ0n) is 6.52. The van der Waals surface area contributed by atoms with Crippen LogP contribution < -0.4 is 0 Å².